The summed E-state index contributed by atoms with van der Waals surface area (Å²) in [6.07, 6.45) is 53.3. The number of nitrogens with zero attached hydrogens (tertiary/aromatic N) is 1. The van der Waals surface area contributed by atoms with E-state index in [0.717, 1.165) is 70.6 Å². The van der Waals surface area contributed by atoms with Crippen molar-refractivity contribution >= 4 is 19.8 Å². The van der Waals surface area contributed by atoms with Crippen LogP contribution in [0.4, 0.5) is 0 Å². The van der Waals surface area contributed by atoms with Crippen molar-refractivity contribution < 1.29 is 42.1 Å². The molecule has 59 heavy (non-hydrogen) atoms. The van der Waals surface area contributed by atoms with Gasteiger partial charge < -0.3 is 18.9 Å². The van der Waals surface area contributed by atoms with Gasteiger partial charge in [0.15, 0.2) is 6.10 Å². The van der Waals surface area contributed by atoms with Crippen molar-refractivity contribution in [1.29, 1.82) is 0 Å². The summed E-state index contributed by atoms with van der Waals surface area (Å²) in [6, 6.07) is 0. The topological polar surface area (TPSA) is 108 Å². The van der Waals surface area contributed by atoms with Crippen molar-refractivity contribution in [3.63, 3.8) is 0 Å². The standard InChI is InChI=1S/C49H82NO8P/c1-6-8-10-12-14-16-18-20-21-22-23-24-25-26-27-28-30-31-33-35-37-39-41-48(51)55-45-47(46-57-59(53,54)56-44-43-50(3,4)5)58-49(52)42-40-38-36-34-32-29-19-17-15-13-11-9-7-2/h8,10,14,16,20-21,23-24,26-27,29-32,36,38,47H,6-7,9,11-13,15,17-19,22,25,28,33-35,37,39-46H2,1-5H3/p+1/b10-8+,16-14+,21-20+,24-23+,27-26+,31-30+,32-29+,38-36+. The molecule has 1 N–H and O–H groups in total. The third-order valence-corrected chi connectivity index (χ3v) is 9.85. The van der Waals surface area contributed by atoms with Crippen LogP contribution >= 0.6 is 7.82 Å². The molecule has 0 bridgehead atoms. The number of allylic oxidation sites excluding steroid dienone is 16. The molecule has 0 saturated heterocycles. The van der Waals surface area contributed by atoms with Gasteiger partial charge in [0, 0.05) is 12.8 Å². The largest absolute Gasteiger partial charge is 0.472 e. The fraction of sp³-hybridized carbons (Fsp3) is 0.633. The molecule has 0 fully saturated rings. The summed E-state index contributed by atoms with van der Waals surface area (Å²) in [6.45, 7) is 4.16. The highest BCUT2D eigenvalue weighted by Crippen LogP contribution is 2.43. The zero-order valence-electron chi connectivity index (χ0n) is 37.7. The predicted octanol–water partition coefficient (Wildman–Crippen LogP) is 13.0. The molecule has 0 aromatic carbocycles. The highest BCUT2D eigenvalue weighted by atomic mass is 31.2. The van der Waals surface area contributed by atoms with E-state index >= 15 is 0 Å². The maximum Gasteiger partial charge on any atom is 0.472 e. The van der Waals surface area contributed by atoms with Crippen LogP contribution in [-0.2, 0) is 32.7 Å². The van der Waals surface area contributed by atoms with Gasteiger partial charge in [0.25, 0.3) is 0 Å². The molecule has 0 aromatic rings. The van der Waals surface area contributed by atoms with E-state index in [-0.39, 0.29) is 26.1 Å². The molecule has 0 radical (unpaired) electrons. The van der Waals surface area contributed by atoms with Gasteiger partial charge in [-0.3, -0.25) is 18.6 Å². The molecule has 0 aliphatic heterocycles. The number of ether oxygens (including phenoxy) is 2. The second-order valence-corrected chi connectivity index (χ2v) is 17.1. The first-order valence-electron chi connectivity index (χ1n) is 22.5. The second-order valence-electron chi connectivity index (χ2n) is 15.7. The lowest BCUT2D eigenvalue weighted by atomic mass is 10.1. The maximum atomic E-state index is 12.6. The van der Waals surface area contributed by atoms with Gasteiger partial charge in [0.1, 0.15) is 19.8 Å². The third-order valence-electron chi connectivity index (χ3n) is 8.86. The number of hydrogen-bond donors (Lipinski definition) is 1. The molecular formula is C49H83NO8P+. The van der Waals surface area contributed by atoms with E-state index in [1.54, 1.807) is 0 Å². The summed E-state index contributed by atoms with van der Waals surface area (Å²) in [4.78, 5) is 35.3. The molecule has 0 spiro atoms. The molecule has 0 aromatic heterocycles. The number of carbonyl (C=O) groups is 2. The predicted molar refractivity (Wildman–Crippen MR) is 247 cm³/mol. The van der Waals surface area contributed by atoms with Gasteiger partial charge in [-0.25, -0.2) is 4.57 Å². The van der Waals surface area contributed by atoms with Crippen LogP contribution in [0.2, 0.25) is 0 Å². The van der Waals surface area contributed by atoms with E-state index in [4.69, 9.17) is 18.5 Å². The number of carbonyl (C=O) groups excluding carboxylic acids is 2. The van der Waals surface area contributed by atoms with Crippen LogP contribution < -0.4 is 0 Å². The number of quaternary nitrogens is 1. The molecular weight excluding hydrogens is 762 g/mol. The average molecular weight is 845 g/mol. The molecule has 0 saturated carbocycles. The third kappa shape index (κ3) is 44.3. The molecule has 2 atom stereocenters. The van der Waals surface area contributed by atoms with Crippen LogP contribution in [0, 0.1) is 0 Å². The zero-order chi connectivity index (χ0) is 43.6. The first-order valence-corrected chi connectivity index (χ1v) is 24.0. The summed E-state index contributed by atoms with van der Waals surface area (Å²) in [7, 11) is 1.41. The van der Waals surface area contributed by atoms with Gasteiger partial charge >= 0.3 is 19.8 Å². The quantitative estimate of drug-likeness (QED) is 0.0214. The Labute approximate surface area is 360 Å². The van der Waals surface area contributed by atoms with Gasteiger partial charge in [-0.2, -0.15) is 0 Å². The lowest BCUT2D eigenvalue weighted by molar-refractivity contribution is -0.870. The SMILES string of the molecule is CC/C=C/C/C=C/C/C=C/C/C=C/C/C=C/C/C=C/CCCCCC(=O)OCC(COP(=O)(O)OCC[N+](C)(C)C)OC(=O)CC/C=C/C/C=C/CCCCCCCC. The smallest absolute Gasteiger partial charge is 0.462 e. The summed E-state index contributed by atoms with van der Waals surface area (Å²) >= 11 is 0. The molecule has 0 heterocycles. The number of esters is 2. The minimum atomic E-state index is -4.40. The van der Waals surface area contributed by atoms with E-state index in [1.165, 1.54) is 38.5 Å². The molecule has 0 aliphatic rings. The number of rotatable bonds is 39. The van der Waals surface area contributed by atoms with Crippen molar-refractivity contribution in [2.75, 3.05) is 47.5 Å². The molecule has 0 aliphatic carbocycles. The number of phosphoric acid groups is 1. The van der Waals surface area contributed by atoms with Crippen molar-refractivity contribution in [2.45, 2.75) is 155 Å². The molecule has 0 amide bonds. The Morgan fingerprint density at radius 2 is 1.00 bits per heavy atom. The molecule has 10 heteroatoms. The van der Waals surface area contributed by atoms with E-state index in [0.29, 0.717) is 23.9 Å². The molecule has 0 rings (SSSR count). The second kappa shape index (κ2) is 40.3. The van der Waals surface area contributed by atoms with E-state index in [2.05, 4.69) is 98.9 Å². The van der Waals surface area contributed by atoms with Gasteiger partial charge in [-0.15, -0.1) is 0 Å². The molecule has 336 valence electrons. The number of phosphoric ester groups is 1. The lowest BCUT2D eigenvalue weighted by Gasteiger charge is -2.24. The van der Waals surface area contributed by atoms with E-state index in [9.17, 15) is 19.0 Å². The zero-order valence-corrected chi connectivity index (χ0v) is 38.6. The number of likely N-dealkylation sites (N-methyl/N-ethyl adjacent to an activating group) is 1. The van der Waals surface area contributed by atoms with E-state index in [1.807, 2.05) is 33.3 Å². The molecule has 2 unspecified atom stereocenters. The Kier molecular flexibility index (Phi) is 38.2. The number of unbranched alkanes of at least 4 members (excludes halogenated alkanes) is 9. The Morgan fingerprint density at radius 1 is 0.542 bits per heavy atom. The van der Waals surface area contributed by atoms with Crippen molar-refractivity contribution in [1.82, 2.24) is 0 Å². The fourth-order valence-electron chi connectivity index (χ4n) is 5.36. The summed E-state index contributed by atoms with van der Waals surface area (Å²) in [5.41, 5.74) is 0. The van der Waals surface area contributed by atoms with Crippen LogP contribution in [-0.4, -0.2) is 74.9 Å². The highest BCUT2D eigenvalue weighted by molar-refractivity contribution is 7.47. The monoisotopic (exact) mass is 845 g/mol. The van der Waals surface area contributed by atoms with E-state index < -0.39 is 32.5 Å². The average Bonchev–Trinajstić information content (AvgIpc) is 3.19. The minimum absolute atomic E-state index is 0.0113. The maximum absolute atomic E-state index is 12.6. The van der Waals surface area contributed by atoms with Crippen molar-refractivity contribution in [3.8, 4) is 0 Å². The number of hydrogen-bond acceptors (Lipinski definition) is 7. The Balaban J connectivity index is 4.46. The Hall–Kier alpha value is -3.07. The Bertz CT molecular complexity index is 1320. The van der Waals surface area contributed by atoms with Crippen LogP contribution in [0.25, 0.3) is 0 Å². The van der Waals surface area contributed by atoms with Crippen LogP contribution in [0.5, 0.6) is 0 Å². The first-order chi connectivity index (χ1) is 28.5. The van der Waals surface area contributed by atoms with Crippen molar-refractivity contribution in [2.24, 2.45) is 0 Å². The first kappa shape index (κ1) is 55.9. The highest BCUT2D eigenvalue weighted by Gasteiger charge is 2.27. The Morgan fingerprint density at radius 3 is 1.51 bits per heavy atom. The van der Waals surface area contributed by atoms with Gasteiger partial charge in [0.05, 0.1) is 27.7 Å². The summed E-state index contributed by atoms with van der Waals surface area (Å²) in [5, 5.41) is 0. The van der Waals surface area contributed by atoms with Gasteiger partial charge in [-0.05, 0) is 83.5 Å². The summed E-state index contributed by atoms with van der Waals surface area (Å²) < 4.78 is 34.2. The fourth-order valence-corrected chi connectivity index (χ4v) is 6.10. The van der Waals surface area contributed by atoms with Crippen LogP contribution in [0.1, 0.15) is 149 Å². The summed E-state index contributed by atoms with van der Waals surface area (Å²) in [5.74, 6) is -0.926. The van der Waals surface area contributed by atoms with Crippen LogP contribution in [0.15, 0.2) is 97.2 Å². The normalized spacial score (nSPS) is 14.5. The lowest BCUT2D eigenvalue weighted by Crippen LogP contribution is -2.37. The van der Waals surface area contributed by atoms with Crippen molar-refractivity contribution in [3.05, 3.63) is 97.2 Å². The van der Waals surface area contributed by atoms with Gasteiger partial charge in [-0.1, -0.05) is 150 Å². The molecule has 9 nitrogen and oxygen atoms in total. The van der Waals surface area contributed by atoms with Crippen LogP contribution in [0.3, 0.4) is 0 Å². The minimum Gasteiger partial charge on any atom is -0.462 e. The van der Waals surface area contributed by atoms with Gasteiger partial charge in [0.2, 0.25) is 0 Å².